The Morgan fingerprint density at radius 2 is 2.25 bits per heavy atom. The van der Waals surface area contributed by atoms with Crippen LogP contribution in [0.15, 0.2) is 24.7 Å². The number of carbonyl (C=O) groups excluding carboxylic acids is 1. The second kappa shape index (κ2) is 3.26. The van der Waals surface area contributed by atoms with Crippen LogP contribution in [-0.2, 0) is 0 Å². The molecule has 1 fully saturated rings. The minimum Gasteiger partial charge on any atom is -0.333 e. The molecule has 1 aliphatic heterocycles. The van der Waals surface area contributed by atoms with Crippen molar-refractivity contribution in [2.24, 2.45) is 0 Å². The number of alkyl halides is 1. The molecule has 5 nitrogen and oxygen atoms in total. The first kappa shape index (κ1) is 9.26. The number of hydrogen-bond donors (Lipinski definition) is 0. The molecule has 1 amide bonds. The molecule has 3 rings (SSSR count). The highest BCUT2D eigenvalue weighted by atomic mass is 19.1. The number of pyridine rings is 1. The molecule has 0 spiro atoms. The highest BCUT2D eigenvalue weighted by Crippen LogP contribution is 2.15. The second-order valence-corrected chi connectivity index (χ2v) is 3.79. The van der Waals surface area contributed by atoms with Gasteiger partial charge in [0.25, 0.3) is 5.91 Å². The van der Waals surface area contributed by atoms with Crippen molar-refractivity contribution in [2.45, 2.75) is 6.17 Å². The lowest BCUT2D eigenvalue weighted by atomic mass is 10.1. The first-order valence-corrected chi connectivity index (χ1v) is 4.97. The SMILES string of the molecule is O=C(c1ccc2ncnn2c1)N1CC(F)C1. The monoisotopic (exact) mass is 220 g/mol. The summed E-state index contributed by atoms with van der Waals surface area (Å²) in [5.74, 6) is -0.161. The van der Waals surface area contributed by atoms with Crippen molar-refractivity contribution in [3.8, 4) is 0 Å². The quantitative estimate of drug-likeness (QED) is 0.704. The van der Waals surface area contributed by atoms with Crippen LogP contribution in [-0.4, -0.2) is 44.7 Å². The van der Waals surface area contributed by atoms with Crippen molar-refractivity contribution >= 4 is 11.6 Å². The molecule has 2 aromatic rings. The summed E-state index contributed by atoms with van der Waals surface area (Å²) in [6.45, 7) is 0.377. The standard InChI is InChI=1S/C10H9FN4O/c11-8-4-14(5-8)10(16)7-1-2-9-12-6-13-15(9)3-7/h1-3,6,8H,4-5H2. The maximum absolute atomic E-state index is 12.6. The van der Waals surface area contributed by atoms with E-state index in [9.17, 15) is 9.18 Å². The van der Waals surface area contributed by atoms with E-state index >= 15 is 0 Å². The van der Waals surface area contributed by atoms with Crippen LogP contribution in [0.5, 0.6) is 0 Å². The van der Waals surface area contributed by atoms with Crippen LogP contribution in [0.4, 0.5) is 4.39 Å². The van der Waals surface area contributed by atoms with Gasteiger partial charge >= 0.3 is 0 Å². The summed E-state index contributed by atoms with van der Waals surface area (Å²) >= 11 is 0. The third-order valence-electron chi connectivity index (χ3n) is 2.65. The van der Waals surface area contributed by atoms with Gasteiger partial charge < -0.3 is 4.90 Å². The van der Waals surface area contributed by atoms with Crippen molar-refractivity contribution in [2.75, 3.05) is 13.1 Å². The minimum atomic E-state index is -0.876. The van der Waals surface area contributed by atoms with Gasteiger partial charge in [-0.1, -0.05) is 0 Å². The molecule has 0 unspecified atom stereocenters. The summed E-state index contributed by atoms with van der Waals surface area (Å²) in [6, 6.07) is 3.39. The molecule has 82 valence electrons. The molecular weight excluding hydrogens is 211 g/mol. The maximum atomic E-state index is 12.6. The number of hydrogen-bond acceptors (Lipinski definition) is 3. The number of amides is 1. The fraction of sp³-hybridized carbons (Fsp3) is 0.300. The summed E-state index contributed by atoms with van der Waals surface area (Å²) in [6.07, 6.45) is 2.15. The average molecular weight is 220 g/mol. The lowest BCUT2D eigenvalue weighted by Crippen LogP contribution is -2.51. The normalized spacial score (nSPS) is 16.4. The molecule has 0 aromatic carbocycles. The molecule has 0 N–H and O–H groups in total. The largest absolute Gasteiger partial charge is 0.333 e. The molecular formula is C10H9FN4O. The van der Waals surface area contributed by atoms with Gasteiger partial charge in [-0.15, -0.1) is 0 Å². The van der Waals surface area contributed by atoms with Crippen LogP contribution in [0.25, 0.3) is 5.65 Å². The van der Waals surface area contributed by atoms with E-state index in [0.29, 0.717) is 11.2 Å². The molecule has 0 bridgehead atoms. The van der Waals surface area contributed by atoms with Gasteiger partial charge in [0.2, 0.25) is 0 Å². The molecule has 1 saturated heterocycles. The van der Waals surface area contributed by atoms with Crippen LogP contribution >= 0.6 is 0 Å². The van der Waals surface area contributed by atoms with Crippen LogP contribution in [0.2, 0.25) is 0 Å². The predicted molar refractivity (Wildman–Crippen MR) is 53.8 cm³/mol. The lowest BCUT2D eigenvalue weighted by molar-refractivity contribution is 0.0399. The highest BCUT2D eigenvalue weighted by Gasteiger charge is 2.31. The minimum absolute atomic E-state index is 0.161. The van der Waals surface area contributed by atoms with E-state index in [2.05, 4.69) is 10.1 Å². The smallest absolute Gasteiger partial charge is 0.255 e. The fourth-order valence-electron chi connectivity index (χ4n) is 1.72. The maximum Gasteiger partial charge on any atom is 0.255 e. The summed E-state index contributed by atoms with van der Waals surface area (Å²) in [4.78, 5) is 17.3. The van der Waals surface area contributed by atoms with E-state index < -0.39 is 6.17 Å². The molecule has 0 aliphatic carbocycles. The van der Waals surface area contributed by atoms with Gasteiger partial charge in [0.05, 0.1) is 18.7 Å². The molecule has 16 heavy (non-hydrogen) atoms. The van der Waals surface area contributed by atoms with Crippen LogP contribution in [0, 0.1) is 0 Å². The molecule has 0 atom stereocenters. The van der Waals surface area contributed by atoms with Gasteiger partial charge in [-0.3, -0.25) is 4.79 Å². The number of aromatic nitrogens is 3. The van der Waals surface area contributed by atoms with E-state index in [1.54, 1.807) is 18.3 Å². The zero-order valence-corrected chi connectivity index (χ0v) is 8.38. The highest BCUT2D eigenvalue weighted by molar-refractivity contribution is 5.94. The van der Waals surface area contributed by atoms with Crippen LogP contribution in [0.1, 0.15) is 10.4 Å². The Balaban J connectivity index is 1.90. The number of fused-ring (bicyclic) bond motifs is 1. The topological polar surface area (TPSA) is 50.5 Å². The number of likely N-dealkylation sites (tertiary alicyclic amines) is 1. The van der Waals surface area contributed by atoms with E-state index in [0.717, 1.165) is 0 Å². The number of rotatable bonds is 1. The Bertz CT molecular complexity index is 546. The number of halogens is 1. The fourth-order valence-corrected chi connectivity index (χ4v) is 1.72. The van der Waals surface area contributed by atoms with Gasteiger partial charge in [0, 0.05) is 6.20 Å². The Morgan fingerprint density at radius 1 is 1.44 bits per heavy atom. The zero-order valence-electron chi connectivity index (χ0n) is 8.38. The van der Waals surface area contributed by atoms with E-state index in [4.69, 9.17) is 0 Å². The van der Waals surface area contributed by atoms with Crippen molar-refractivity contribution in [3.05, 3.63) is 30.2 Å². The van der Waals surface area contributed by atoms with E-state index in [1.807, 2.05) is 0 Å². The molecule has 1 aliphatic rings. The van der Waals surface area contributed by atoms with Crippen molar-refractivity contribution < 1.29 is 9.18 Å². The zero-order chi connectivity index (χ0) is 11.1. The summed E-state index contributed by atoms with van der Waals surface area (Å²) in [5.41, 5.74) is 1.19. The van der Waals surface area contributed by atoms with Gasteiger partial charge in [-0.2, -0.15) is 5.10 Å². The summed E-state index contributed by atoms with van der Waals surface area (Å²) in [5, 5.41) is 3.94. The number of nitrogens with zero attached hydrogens (tertiary/aromatic N) is 4. The van der Waals surface area contributed by atoms with E-state index in [1.165, 1.54) is 15.7 Å². The Morgan fingerprint density at radius 3 is 3.00 bits per heavy atom. The Kier molecular flexibility index (Phi) is 1.89. The Hall–Kier alpha value is -1.98. The van der Waals surface area contributed by atoms with Crippen molar-refractivity contribution in [3.63, 3.8) is 0 Å². The molecule has 3 heterocycles. The third kappa shape index (κ3) is 1.34. The lowest BCUT2D eigenvalue weighted by Gasteiger charge is -2.34. The molecule has 0 saturated carbocycles. The van der Waals surface area contributed by atoms with Gasteiger partial charge in [0.15, 0.2) is 5.65 Å². The number of carbonyl (C=O) groups is 1. The molecule has 0 radical (unpaired) electrons. The molecule has 2 aromatic heterocycles. The van der Waals surface area contributed by atoms with Crippen molar-refractivity contribution in [1.82, 2.24) is 19.5 Å². The van der Waals surface area contributed by atoms with Crippen LogP contribution < -0.4 is 0 Å². The second-order valence-electron chi connectivity index (χ2n) is 3.79. The Labute approximate surface area is 90.5 Å². The molecule has 6 heteroatoms. The average Bonchev–Trinajstić information content (AvgIpc) is 2.70. The summed E-state index contributed by atoms with van der Waals surface area (Å²) in [7, 11) is 0. The first-order valence-electron chi connectivity index (χ1n) is 4.97. The van der Waals surface area contributed by atoms with Gasteiger partial charge in [-0.25, -0.2) is 13.9 Å². The van der Waals surface area contributed by atoms with Crippen LogP contribution in [0.3, 0.4) is 0 Å². The summed E-state index contributed by atoms with van der Waals surface area (Å²) < 4.78 is 14.2. The van der Waals surface area contributed by atoms with Gasteiger partial charge in [-0.05, 0) is 12.1 Å². The third-order valence-corrected chi connectivity index (χ3v) is 2.65. The predicted octanol–water partition coefficient (Wildman–Crippen LogP) is 0.523. The first-order chi connectivity index (χ1) is 7.74. The van der Waals surface area contributed by atoms with Crippen molar-refractivity contribution in [1.29, 1.82) is 0 Å². The van der Waals surface area contributed by atoms with Gasteiger partial charge in [0.1, 0.15) is 12.5 Å². The van der Waals surface area contributed by atoms with E-state index in [-0.39, 0.29) is 19.0 Å².